The highest BCUT2D eigenvalue weighted by Gasteiger charge is 2.37. The maximum absolute atomic E-state index is 11.2. The molecule has 1 atom stereocenters. The number of nitrogens with zero attached hydrogens (tertiary/aromatic N) is 1. The van der Waals surface area contributed by atoms with E-state index in [1.807, 2.05) is 0 Å². The molecule has 0 spiro atoms. The third kappa shape index (κ3) is 2.75. The van der Waals surface area contributed by atoms with Crippen LogP contribution in [0.15, 0.2) is 18.2 Å². The van der Waals surface area contributed by atoms with Crippen molar-refractivity contribution in [2.24, 2.45) is 5.92 Å². The normalized spacial score (nSPS) is 22.3. The third-order valence-corrected chi connectivity index (χ3v) is 4.33. The number of aryl methyl sites for hydroxylation is 2. The molecule has 2 rings (SSSR count). The zero-order valence-electron chi connectivity index (χ0n) is 12.2. The van der Waals surface area contributed by atoms with E-state index < -0.39 is 5.97 Å². The Balaban J connectivity index is 2.25. The van der Waals surface area contributed by atoms with Crippen molar-refractivity contribution in [3.63, 3.8) is 0 Å². The predicted octanol–water partition coefficient (Wildman–Crippen LogP) is 3.38. The highest BCUT2D eigenvalue weighted by atomic mass is 16.4. The lowest BCUT2D eigenvalue weighted by atomic mass is 9.82. The number of carbonyl (C=O) groups is 1. The van der Waals surface area contributed by atoms with Gasteiger partial charge in [0.15, 0.2) is 0 Å². The zero-order valence-corrected chi connectivity index (χ0v) is 12.2. The summed E-state index contributed by atoms with van der Waals surface area (Å²) in [5, 5.41) is 9.19. The monoisotopic (exact) mass is 261 g/mol. The second kappa shape index (κ2) is 4.87. The fourth-order valence-corrected chi connectivity index (χ4v) is 2.99. The summed E-state index contributed by atoms with van der Waals surface area (Å²) in [4.78, 5) is 13.5. The van der Waals surface area contributed by atoms with Gasteiger partial charge >= 0.3 is 5.97 Å². The van der Waals surface area contributed by atoms with Crippen molar-refractivity contribution >= 4 is 11.7 Å². The molecule has 1 aliphatic heterocycles. The molecule has 1 saturated heterocycles. The molecule has 0 amide bonds. The summed E-state index contributed by atoms with van der Waals surface area (Å²) < 4.78 is 0. The summed E-state index contributed by atoms with van der Waals surface area (Å²) in [6.45, 7) is 9.32. The number of hydrogen-bond acceptors (Lipinski definition) is 2. The van der Waals surface area contributed by atoms with Gasteiger partial charge in [-0.05, 0) is 63.8 Å². The number of benzene rings is 1. The Morgan fingerprint density at radius 2 is 2.00 bits per heavy atom. The van der Waals surface area contributed by atoms with Gasteiger partial charge in [0.1, 0.15) is 0 Å². The van der Waals surface area contributed by atoms with Gasteiger partial charge in [-0.3, -0.25) is 4.79 Å². The van der Waals surface area contributed by atoms with Gasteiger partial charge in [0, 0.05) is 17.8 Å². The highest BCUT2D eigenvalue weighted by Crippen LogP contribution is 2.36. The Morgan fingerprint density at radius 3 is 2.53 bits per heavy atom. The van der Waals surface area contributed by atoms with Crippen molar-refractivity contribution in [1.29, 1.82) is 0 Å². The van der Waals surface area contributed by atoms with Gasteiger partial charge in [-0.2, -0.15) is 0 Å². The van der Waals surface area contributed by atoms with E-state index in [2.05, 4.69) is 50.8 Å². The Labute approximate surface area is 115 Å². The minimum atomic E-state index is -0.659. The molecule has 0 saturated carbocycles. The van der Waals surface area contributed by atoms with Crippen molar-refractivity contribution in [3.8, 4) is 0 Å². The smallest absolute Gasteiger partial charge is 0.306 e. The molecule has 0 aliphatic carbocycles. The summed E-state index contributed by atoms with van der Waals surface area (Å²) in [5.74, 6) is -0.870. The first-order valence-corrected chi connectivity index (χ1v) is 6.89. The van der Waals surface area contributed by atoms with Crippen LogP contribution in [0.25, 0.3) is 0 Å². The molecule has 1 aromatic rings. The Bertz CT molecular complexity index is 494. The van der Waals surface area contributed by atoms with Gasteiger partial charge in [-0.1, -0.05) is 6.07 Å². The largest absolute Gasteiger partial charge is 0.481 e. The van der Waals surface area contributed by atoms with Gasteiger partial charge in [0.05, 0.1) is 5.92 Å². The lowest BCUT2D eigenvalue weighted by molar-refractivity contribution is -0.143. The number of aliphatic carboxylic acids is 1. The summed E-state index contributed by atoms with van der Waals surface area (Å²) in [6, 6.07) is 6.49. The Morgan fingerprint density at radius 1 is 1.32 bits per heavy atom. The summed E-state index contributed by atoms with van der Waals surface area (Å²) in [5.41, 5.74) is 3.68. The molecule has 1 aliphatic rings. The number of hydrogen-bond donors (Lipinski definition) is 1. The van der Waals surface area contributed by atoms with Crippen LogP contribution >= 0.6 is 0 Å². The van der Waals surface area contributed by atoms with Crippen LogP contribution in [0.2, 0.25) is 0 Å². The SMILES string of the molecule is Cc1ccc(N2CCC(C(=O)O)CC2(C)C)cc1C. The van der Waals surface area contributed by atoms with Crippen LogP contribution in [0.4, 0.5) is 5.69 Å². The van der Waals surface area contributed by atoms with E-state index in [-0.39, 0.29) is 11.5 Å². The first-order valence-electron chi connectivity index (χ1n) is 6.89. The Kier molecular flexibility index (Phi) is 3.57. The second-order valence-electron chi connectivity index (χ2n) is 6.26. The number of rotatable bonds is 2. The third-order valence-electron chi connectivity index (χ3n) is 4.33. The van der Waals surface area contributed by atoms with Crippen LogP contribution < -0.4 is 4.90 Å². The molecule has 0 radical (unpaired) electrons. The summed E-state index contributed by atoms with van der Waals surface area (Å²) >= 11 is 0. The average molecular weight is 261 g/mol. The quantitative estimate of drug-likeness (QED) is 0.887. The minimum absolute atomic E-state index is 0.108. The molecular formula is C16H23NO2. The van der Waals surface area contributed by atoms with Crippen LogP contribution in [0.5, 0.6) is 0 Å². The van der Waals surface area contributed by atoms with Crippen LogP contribution in [0.1, 0.15) is 37.8 Å². The van der Waals surface area contributed by atoms with Crippen molar-refractivity contribution < 1.29 is 9.90 Å². The number of anilines is 1. The van der Waals surface area contributed by atoms with Crippen LogP contribution in [-0.4, -0.2) is 23.2 Å². The van der Waals surface area contributed by atoms with E-state index in [0.717, 1.165) is 13.0 Å². The van der Waals surface area contributed by atoms with Crippen molar-refractivity contribution in [2.75, 3.05) is 11.4 Å². The van der Waals surface area contributed by atoms with E-state index in [1.165, 1.54) is 16.8 Å². The van der Waals surface area contributed by atoms with E-state index in [4.69, 9.17) is 0 Å². The van der Waals surface area contributed by atoms with Crippen LogP contribution in [0.3, 0.4) is 0 Å². The van der Waals surface area contributed by atoms with E-state index >= 15 is 0 Å². The van der Waals surface area contributed by atoms with Gasteiger partial charge in [-0.15, -0.1) is 0 Å². The molecule has 1 aromatic carbocycles. The molecule has 1 unspecified atom stereocenters. The molecule has 0 aromatic heterocycles. The molecular weight excluding hydrogens is 238 g/mol. The van der Waals surface area contributed by atoms with Crippen molar-refractivity contribution in [3.05, 3.63) is 29.3 Å². The fourth-order valence-electron chi connectivity index (χ4n) is 2.99. The average Bonchev–Trinajstić information content (AvgIpc) is 2.31. The molecule has 1 fully saturated rings. The van der Waals surface area contributed by atoms with Gasteiger partial charge in [0.2, 0.25) is 0 Å². The van der Waals surface area contributed by atoms with Gasteiger partial charge < -0.3 is 10.0 Å². The van der Waals surface area contributed by atoms with Crippen LogP contribution in [-0.2, 0) is 4.79 Å². The number of piperidine rings is 1. The van der Waals surface area contributed by atoms with E-state index in [1.54, 1.807) is 0 Å². The molecule has 104 valence electrons. The number of carboxylic acid groups (broad SMARTS) is 1. The van der Waals surface area contributed by atoms with Crippen molar-refractivity contribution in [1.82, 2.24) is 0 Å². The summed E-state index contributed by atoms with van der Waals surface area (Å²) in [6.07, 6.45) is 1.43. The topological polar surface area (TPSA) is 40.5 Å². The molecule has 3 heteroatoms. The lowest BCUT2D eigenvalue weighted by Gasteiger charge is -2.46. The first-order chi connectivity index (χ1) is 8.81. The van der Waals surface area contributed by atoms with E-state index in [0.29, 0.717) is 6.42 Å². The zero-order chi connectivity index (χ0) is 14.2. The highest BCUT2D eigenvalue weighted by molar-refractivity contribution is 5.71. The van der Waals surface area contributed by atoms with Crippen LogP contribution in [0, 0.1) is 19.8 Å². The standard InChI is InChI=1S/C16H23NO2/c1-11-5-6-14(9-12(11)2)17-8-7-13(15(18)19)10-16(17,3)4/h5-6,9,13H,7-8,10H2,1-4H3,(H,18,19). The maximum Gasteiger partial charge on any atom is 0.306 e. The molecule has 1 heterocycles. The Hall–Kier alpha value is -1.51. The van der Waals surface area contributed by atoms with Gasteiger partial charge in [-0.25, -0.2) is 0 Å². The second-order valence-corrected chi connectivity index (χ2v) is 6.26. The minimum Gasteiger partial charge on any atom is -0.481 e. The van der Waals surface area contributed by atoms with Gasteiger partial charge in [0.25, 0.3) is 0 Å². The number of carboxylic acids is 1. The molecule has 0 bridgehead atoms. The summed E-state index contributed by atoms with van der Waals surface area (Å²) in [7, 11) is 0. The molecule has 1 N–H and O–H groups in total. The molecule has 19 heavy (non-hydrogen) atoms. The maximum atomic E-state index is 11.2. The van der Waals surface area contributed by atoms with E-state index in [9.17, 15) is 9.90 Å². The lowest BCUT2D eigenvalue weighted by Crippen LogP contribution is -2.51. The predicted molar refractivity (Wildman–Crippen MR) is 77.7 cm³/mol. The molecule has 3 nitrogen and oxygen atoms in total. The first kappa shape index (κ1) is 13.9. The fraction of sp³-hybridized carbons (Fsp3) is 0.562. The van der Waals surface area contributed by atoms with Crippen molar-refractivity contribution in [2.45, 2.75) is 46.1 Å².